The zero-order valence-corrected chi connectivity index (χ0v) is 12.0. The number of halogens is 3. The van der Waals surface area contributed by atoms with Gasteiger partial charge in [0.25, 0.3) is 0 Å². The maximum Gasteiger partial charge on any atom is 0.411 e. The summed E-state index contributed by atoms with van der Waals surface area (Å²) in [7, 11) is 1.63. The Hall–Kier alpha value is -1.27. The van der Waals surface area contributed by atoms with Gasteiger partial charge >= 0.3 is 6.18 Å². The normalized spacial score (nSPS) is 19.9. The largest absolute Gasteiger partial charge is 0.497 e. The van der Waals surface area contributed by atoms with Crippen LogP contribution in [-0.2, 0) is 11.2 Å². The lowest BCUT2D eigenvalue weighted by molar-refractivity contribution is -0.183. The van der Waals surface area contributed by atoms with E-state index >= 15 is 0 Å². The fourth-order valence-corrected chi connectivity index (χ4v) is 2.43. The van der Waals surface area contributed by atoms with Gasteiger partial charge in [-0.2, -0.15) is 13.2 Å². The summed E-state index contributed by atoms with van der Waals surface area (Å²) in [6.07, 6.45) is -3.01. The molecule has 0 aromatic heterocycles. The van der Waals surface area contributed by atoms with E-state index in [1.165, 1.54) is 5.56 Å². The van der Waals surface area contributed by atoms with Crippen LogP contribution >= 0.6 is 0 Å². The molecule has 0 bridgehead atoms. The van der Waals surface area contributed by atoms with Crippen LogP contribution in [0.3, 0.4) is 0 Å². The number of hydrogen-bond donors (Lipinski definition) is 0. The molecule has 1 aromatic rings. The maximum atomic E-state index is 12.1. The molecule has 0 spiro atoms. The summed E-state index contributed by atoms with van der Waals surface area (Å²) in [6.45, 7) is 1.05. The van der Waals surface area contributed by atoms with Gasteiger partial charge in [0.05, 0.1) is 13.2 Å². The van der Waals surface area contributed by atoms with E-state index in [4.69, 9.17) is 9.47 Å². The summed E-state index contributed by atoms with van der Waals surface area (Å²) in [5.74, 6) is 0.820. The molecule has 21 heavy (non-hydrogen) atoms. The molecule has 0 amide bonds. The highest BCUT2D eigenvalue weighted by molar-refractivity contribution is 5.27. The molecule has 1 saturated heterocycles. The van der Waals surface area contributed by atoms with Gasteiger partial charge < -0.3 is 14.4 Å². The minimum absolute atomic E-state index is 0.303. The van der Waals surface area contributed by atoms with Crippen molar-refractivity contribution in [2.75, 3.05) is 33.4 Å². The average molecular weight is 303 g/mol. The van der Waals surface area contributed by atoms with Gasteiger partial charge in [0.2, 0.25) is 0 Å². The van der Waals surface area contributed by atoms with Gasteiger partial charge in [0.15, 0.2) is 0 Å². The predicted octanol–water partition coefficient (Wildman–Crippen LogP) is 2.89. The lowest BCUT2D eigenvalue weighted by Crippen LogP contribution is -2.28. The molecule has 118 valence electrons. The van der Waals surface area contributed by atoms with E-state index in [1.807, 2.05) is 24.3 Å². The molecule has 0 N–H and O–H groups in total. The summed E-state index contributed by atoms with van der Waals surface area (Å²) in [5, 5.41) is 0. The van der Waals surface area contributed by atoms with Crippen molar-refractivity contribution in [3.63, 3.8) is 0 Å². The SMILES string of the molecule is COc1ccc(CCN2CCC(OCC(F)(F)F)C2)cc1. The van der Waals surface area contributed by atoms with Crippen molar-refractivity contribution in [1.29, 1.82) is 0 Å². The van der Waals surface area contributed by atoms with Crippen LogP contribution in [0.15, 0.2) is 24.3 Å². The third-order valence-corrected chi connectivity index (χ3v) is 3.59. The first kappa shape index (κ1) is 16.1. The first-order valence-corrected chi connectivity index (χ1v) is 7.00. The van der Waals surface area contributed by atoms with E-state index in [-0.39, 0.29) is 6.10 Å². The van der Waals surface area contributed by atoms with Gasteiger partial charge in [-0.1, -0.05) is 12.1 Å². The Morgan fingerprint density at radius 2 is 1.95 bits per heavy atom. The molecule has 6 heteroatoms. The van der Waals surface area contributed by atoms with Crippen molar-refractivity contribution in [3.8, 4) is 5.75 Å². The molecule has 2 rings (SSSR count). The zero-order valence-electron chi connectivity index (χ0n) is 12.0. The number of nitrogens with zero attached hydrogens (tertiary/aromatic N) is 1. The van der Waals surface area contributed by atoms with Crippen LogP contribution in [0.4, 0.5) is 13.2 Å². The van der Waals surface area contributed by atoms with E-state index in [9.17, 15) is 13.2 Å². The Morgan fingerprint density at radius 3 is 2.57 bits per heavy atom. The topological polar surface area (TPSA) is 21.7 Å². The number of alkyl halides is 3. The van der Waals surface area contributed by atoms with E-state index in [2.05, 4.69) is 4.90 Å². The van der Waals surface area contributed by atoms with Crippen LogP contribution in [0.2, 0.25) is 0 Å². The molecule has 1 atom stereocenters. The van der Waals surface area contributed by atoms with Crippen LogP contribution in [0.5, 0.6) is 5.75 Å². The van der Waals surface area contributed by atoms with Crippen molar-refractivity contribution in [2.45, 2.75) is 25.1 Å². The summed E-state index contributed by atoms with van der Waals surface area (Å²) < 4.78 is 46.3. The zero-order chi connectivity index (χ0) is 15.3. The van der Waals surface area contributed by atoms with Gasteiger partial charge in [-0.15, -0.1) is 0 Å². The molecule has 0 radical (unpaired) electrons. The van der Waals surface area contributed by atoms with Crippen LogP contribution < -0.4 is 4.74 Å². The van der Waals surface area contributed by atoms with Crippen molar-refractivity contribution in [1.82, 2.24) is 4.90 Å². The van der Waals surface area contributed by atoms with E-state index in [0.717, 1.165) is 25.3 Å². The lowest BCUT2D eigenvalue weighted by atomic mass is 10.1. The highest BCUT2D eigenvalue weighted by atomic mass is 19.4. The van der Waals surface area contributed by atoms with Crippen molar-refractivity contribution in [3.05, 3.63) is 29.8 Å². The lowest BCUT2D eigenvalue weighted by Gasteiger charge is -2.17. The van der Waals surface area contributed by atoms with E-state index in [0.29, 0.717) is 13.0 Å². The monoisotopic (exact) mass is 303 g/mol. The van der Waals surface area contributed by atoms with Crippen LogP contribution in [0.1, 0.15) is 12.0 Å². The Morgan fingerprint density at radius 1 is 1.24 bits per heavy atom. The molecule has 1 aliphatic heterocycles. The minimum atomic E-state index is -4.24. The third-order valence-electron chi connectivity index (χ3n) is 3.59. The van der Waals surface area contributed by atoms with Crippen LogP contribution in [0.25, 0.3) is 0 Å². The fourth-order valence-electron chi connectivity index (χ4n) is 2.43. The molecule has 1 aromatic carbocycles. The maximum absolute atomic E-state index is 12.1. The van der Waals surface area contributed by atoms with Gasteiger partial charge in [-0.25, -0.2) is 0 Å². The molecular formula is C15H20F3NO2. The number of hydrogen-bond acceptors (Lipinski definition) is 3. The fraction of sp³-hybridized carbons (Fsp3) is 0.600. The van der Waals surface area contributed by atoms with E-state index in [1.54, 1.807) is 7.11 Å². The Balaban J connectivity index is 1.70. The van der Waals surface area contributed by atoms with Gasteiger partial charge in [0, 0.05) is 19.6 Å². The molecule has 0 saturated carbocycles. The predicted molar refractivity (Wildman–Crippen MR) is 73.6 cm³/mol. The summed E-state index contributed by atoms with van der Waals surface area (Å²) in [5.41, 5.74) is 1.19. The second kappa shape index (κ2) is 7.13. The molecule has 1 unspecified atom stereocenters. The minimum Gasteiger partial charge on any atom is -0.497 e. The van der Waals surface area contributed by atoms with Gasteiger partial charge in [0.1, 0.15) is 12.4 Å². The molecule has 0 aliphatic carbocycles. The summed E-state index contributed by atoms with van der Waals surface area (Å²) >= 11 is 0. The first-order valence-electron chi connectivity index (χ1n) is 7.00. The van der Waals surface area contributed by atoms with Crippen LogP contribution in [-0.4, -0.2) is 50.5 Å². The second-order valence-corrected chi connectivity index (χ2v) is 5.24. The van der Waals surface area contributed by atoms with Crippen molar-refractivity contribution in [2.24, 2.45) is 0 Å². The number of methoxy groups -OCH3 is 1. The molecule has 1 fully saturated rings. The Kier molecular flexibility index (Phi) is 5.47. The first-order chi connectivity index (χ1) is 9.96. The molecule has 1 heterocycles. The van der Waals surface area contributed by atoms with Gasteiger partial charge in [-0.05, 0) is 30.5 Å². The second-order valence-electron chi connectivity index (χ2n) is 5.24. The van der Waals surface area contributed by atoms with E-state index < -0.39 is 12.8 Å². The number of ether oxygens (including phenoxy) is 2. The average Bonchev–Trinajstić information content (AvgIpc) is 2.91. The molecule has 1 aliphatic rings. The highest BCUT2D eigenvalue weighted by Gasteiger charge is 2.31. The molecular weight excluding hydrogens is 283 g/mol. The Bertz CT molecular complexity index is 434. The smallest absolute Gasteiger partial charge is 0.411 e. The number of benzene rings is 1. The summed E-state index contributed by atoms with van der Waals surface area (Å²) in [4.78, 5) is 2.14. The van der Waals surface area contributed by atoms with Crippen LogP contribution in [0, 0.1) is 0 Å². The molecule has 3 nitrogen and oxygen atoms in total. The number of rotatable bonds is 6. The number of likely N-dealkylation sites (tertiary alicyclic amines) is 1. The third kappa shape index (κ3) is 5.55. The van der Waals surface area contributed by atoms with Crippen molar-refractivity contribution < 1.29 is 22.6 Å². The van der Waals surface area contributed by atoms with Crippen molar-refractivity contribution >= 4 is 0 Å². The highest BCUT2D eigenvalue weighted by Crippen LogP contribution is 2.20. The standard InChI is InChI=1S/C15H20F3NO2/c1-20-13-4-2-12(3-5-13)6-8-19-9-7-14(10-19)21-11-15(16,17)18/h2-5,14H,6-11H2,1H3. The Labute approximate surface area is 122 Å². The quantitative estimate of drug-likeness (QED) is 0.806. The van der Waals surface area contributed by atoms with Gasteiger partial charge in [-0.3, -0.25) is 0 Å². The summed E-state index contributed by atoms with van der Waals surface area (Å²) in [6, 6.07) is 7.84.